The highest BCUT2D eigenvalue weighted by atomic mass is 32.2. The minimum absolute atomic E-state index is 0.407. The fourth-order valence-corrected chi connectivity index (χ4v) is 5.43. The number of nitrogens with zero attached hydrogens (tertiary/aromatic N) is 3. The first-order valence-corrected chi connectivity index (χ1v) is 10.3. The fraction of sp³-hybridized carbons (Fsp3) is 0.812. The Hall–Kier alpha value is -0.960. The van der Waals surface area contributed by atoms with Crippen LogP contribution in [-0.4, -0.2) is 61.9 Å². The Kier molecular flexibility index (Phi) is 5.29. The number of ether oxygens (including phenoxy) is 1. The van der Waals surface area contributed by atoms with Gasteiger partial charge in [-0.05, 0) is 32.6 Å². The molecule has 0 spiro atoms. The predicted octanol–water partition coefficient (Wildman–Crippen LogP) is -0.207. The number of nitrogens with one attached hydrogen (secondary N) is 1. The lowest BCUT2D eigenvalue weighted by Gasteiger charge is -2.29. The van der Waals surface area contributed by atoms with Crippen molar-refractivity contribution < 1.29 is 18.1 Å². The van der Waals surface area contributed by atoms with E-state index in [4.69, 9.17) is 4.74 Å². The molecule has 24 heavy (non-hydrogen) atoms. The molecule has 3 heterocycles. The highest BCUT2D eigenvalue weighted by Gasteiger charge is 2.33. The lowest BCUT2D eigenvalue weighted by atomic mass is 10.0. The molecule has 1 N–H and O–H groups in total. The molecule has 8 heteroatoms. The van der Waals surface area contributed by atoms with E-state index in [9.17, 15) is 8.42 Å². The molecule has 7 nitrogen and oxygen atoms in total. The molecule has 136 valence electrons. The van der Waals surface area contributed by atoms with E-state index in [0.717, 1.165) is 44.8 Å². The second-order valence-corrected chi connectivity index (χ2v) is 8.98. The molecule has 3 rings (SSSR count). The molecule has 2 aliphatic rings. The van der Waals surface area contributed by atoms with Gasteiger partial charge in [0.15, 0.2) is 6.67 Å². The minimum Gasteiger partial charge on any atom is -0.370 e. The number of rotatable bonds is 4. The van der Waals surface area contributed by atoms with Gasteiger partial charge in [-0.25, -0.2) is 13.1 Å². The highest BCUT2D eigenvalue weighted by molar-refractivity contribution is 7.89. The first kappa shape index (κ1) is 17.8. The summed E-state index contributed by atoms with van der Waals surface area (Å²) in [5.41, 5.74) is 1.36. The van der Waals surface area contributed by atoms with Gasteiger partial charge in [-0.1, -0.05) is 6.92 Å². The number of hydrogen-bond acceptors (Lipinski definition) is 4. The van der Waals surface area contributed by atoms with Gasteiger partial charge >= 0.3 is 0 Å². The second kappa shape index (κ2) is 7.11. The molecule has 2 fully saturated rings. The summed E-state index contributed by atoms with van der Waals surface area (Å²) in [7, 11) is -3.45. The number of piperidine rings is 1. The molecular formula is C16H29N4O3S+. The molecule has 0 bridgehead atoms. The van der Waals surface area contributed by atoms with Crippen LogP contribution >= 0.6 is 0 Å². The predicted molar refractivity (Wildman–Crippen MR) is 90.4 cm³/mol. The Morgan fingerprint density at radius 1 is 1.21 bits per heavy atom. The van der Waals surface area contributed by atoms with E-state index >= 15 is 0 Å². The third-order valence-corrected chi connectivity index (χ3v) is 7.38. The van der Waals surface area contributed by atoms with Crippen molar-refractivity contribution >= 4 is 10.0 Å². The normalized spacial score (nSPS) is 22.1. The maximum atomic E-state index is 13.1. The monoisotopic (exact) mass is 357 g/mol. The Bertz CT molecular complexity index is 672. The lowest BCUT2D eigenvalue weighted by molar-refractivity contribution is -0.930. The van der Waals surface area contributed by atoms with E-state index in [1.165, 1.54) is 4.90 Å². The molecule has 0 unspecified atom stereocenters. The Labute approximate surface area is 144 Å². The van der Waals surface area contributed by atoms with Gasteiger partial charge in [0.2, 0.25) is 10.0 Å². The number of sulfonamides is 1. The molecule has 0 aliphatic carbocycles. The molecule has 1 aromatic rings. The summed E-state index contributed by atoms with van der Waals surface area (Å²) in [6, 6.07) is 0. The molecule has 0 aromatic carbocycles. The summed E-state index contributed by atoms with van der Waals surface area (Å²) in [4.78, 5) is 1.78. The zero-order chi connectivity index (χ0) is 17.3. The van der Waals surface area contributed by atoms with E-state index in [1.54, 1.807) is 11.2 Å². The average molecular weight is 358 g/mol. The van der Waals surface area contributed by atoms with Gasteiger partial charge in [-0.15, -0.1) is 0 Å². The lowest BCUT2D eigenvalue weighted by Crippen LogP contribution is -3.13. The van der Waals surface area contributed by atoms with Crippen molar-refractivity contribution in [2.45, 2.75) is 45.2 Å². The number of quaternary nitrogens is 1. The van der Waals surface area contributed by atoms with Crippen LogP contribution in [0.15, 0.2) is 4.90 Å². The Morgan fingerprint density at radius 3 is 2.46 bits per heavy atom. The van der Waals surface area contributed by atoms with Crippen LogP contribution in [0.4, 0.5) is 0 Å². The van der Waals surface area contributed by atoms with E-state index in [2.05, 4.69) is 12.0 Å². The topological polar surface area (TPSA) is 68.9 Å². The van der Waals surface area contributed by atoms with Crippen molar-refractivity contribution in [2.75, 3.05) is 39.4 Å². The van der Waals surface area contributed by atoms with Crippen molar-refractivity contribution in [1.82, 2.24) is 14.1 Å². The molecule has 1 aromatic heterocycles. The fourth-order valence-electron chi connectivity index (χ4n) is 3.59. The molecule has 0 amide bonds. The van der Waals surface area contributed by atoms with Gasteiger partial charge < -0.3 is 9.64 Å². The second-order valence-electron chi connectivity index (χ2n) is 7.11. The van der Waals surface area contributed by atoms with Crippen molar-refractivity contribution in [3.05, 3.63) is 11.4 Å². The SMILES string of the molecule is Cc1nn(C[NH+]2CCOCC2)c(C)c1S(=O)(=O)N1CCC(C)CC1. The molecule has 0 saturated carbocycles. The van der Waals surface area contributed by atoms with E-state index in [1.807, 2.05) is 11.6 Å². The maximum absolute atomic E-state index is 13.1. The van der Waals surface area contributed by atoms with Gasteiger partial charge in [0, 0.05) is 13.1 Å². The summed E-state index contributed by atoms with van der Waals surface area (Å²) in [6.45, 7) is 11.2. The largest absolute Gasteiger partial charge is 0.370 e. The van der Waals surface area contributed by atoms with Crippen LogP contribution in [0.3, 0.4) is 0 Å². The summed E-state index contributed by atoms with van der Waals surface area (Å²) in [5.74, 6) is 0.603. The van der Waals surface area contributed by atoms with Gasteiger partial charge in [0.05, 0.1) is 24.6 Å². The van der Waals surface area contributed by atoms with Gasteiger partial charge in [-0.2, -0.15) is 9.40 Å². The van der Waals surface area contributed by atoms with Crippen LogP contribution in [0.1, 0.15) is 31.2 Å². The van der Waals surface area contributed by atoms with Crippen LogP contribution in [0.5, 0.6) is 0 Å². The van der Waals surface area contributed by atoms with Gasteiger partial charge in [0.1, 0.15) is 18.0 Å². The van der Waals surface area contributed by atoms with Gasteiger partial charge in [0.25, 0.3) is 0 Å². The quantitative estimate of drug-likeness (QED) is 0.810. The summed E-state index contributed by atoms with van der Waals surface area (Å²) in [6.07, 6.45) is 1.87. The van der Waals surface area contributed by atoms with Crippen molar-refractivity contribution in [1.29, 1.82) is 0 Å². The zero-order valence-corrected chi connectivity index (χ0v) is 15.7. The highest BCUT2D eigenvalue weighted by Crippen LogP contribution is 2.27. The van der Waals surface area contributed by atoms with Crippen molar-refractivity contribution in [3.63, 3.8) is 0 Å². The van der Waals surface area contributed by atoms with Crippen LogP contribution in [-0.2, 0) is 21.4 Å². The van der Waals surface area contributed by atoms with Crippen LogP contribution in [0.2, 0.25) is 0 Å². The maximum Gasteiger partial charge on any atom is 0.246 e. The van der Waals surface area contributed by atoms with Crippen LogP contribution in [0, 0.1) is 19.8 Å². The van der Waals surface area contributed by atoms with E-state index in [-0.39, 0.29) is 0 Å². The molecule has 2 aliphatic heterocycles. The molecule has 0 atom stereocenters. The van der Waals surface area contributed by atoms with Crippen molar-refractivity contribution in [2.24, 2.45) is 5.92 Å². The Morgan fingerprint density at radius 2 is 1.83 bits per heavy atom. The number of morpholine rings is 1. The number of aryl methyl sites for hydroxylation is 1. The first-order chi connectivity index (χ1) is 11.4. The standard InChI is InChI=1S/C16H28N4O3S/c1-13-4-6-19(7-5-13)24(21,22)16-14(2)17-20(15(16)3)12-18-8-10-23-11-9-18/h13H,4-12H2,1-3H3/p+1. The molecule has 2 saturated heterocycles. The van der Waals surface area contributed by atoms with Crippen molar-refractivity contribution in [3.8, 4) is 0 Å². The first-order valence-electron chi connectivity index (χ1n) is 8.85. The van der Waals surface area contributed by atoms with E-state index in [0.29, 0.717) is 36.3 Å². The van der Waals surface area contributed by atoms with Crippen LogP contribution < -0.4 is 4.90 Å². The third kappa shape index (κ3) is 3.51. The number of aromatic nitrogens is 2. The zero-order valence-electron chi connectivity index (χ0n) is 14.9. The molecule has 0 radical (unpaired) electrons. The van der Waals surface area contributed by atoms with Gasteiger partial charge in [-0.3, -0.25) is 0 Å². The van der Waals surface area contributed by atoms with Crippen LogP contribution in [0.25, 0.3) is 0 Å². The smallest absolute Gasteiger partial charge is 0.246 e. The number of hydrogen-bond donors (Lipinski definition) is 1. The average Bonchev–Trinajstić information content (AvgIpc) is 2.83. The summed E-state index contributed by atoms with van der Waals surface area (Å²) in [5, 5.41) is 4.53. The Balaban J connectivity index is 1.82. The molecular weight excluding hydrogens is 328 g/mol. The summed E-state index contributed by atoms with van der Waals surface area (Å²) >= 11 is 0. The third-order valence-electron chi connectivity index (χ3n) is 5.23. The minimum atomic E-state index is -3.45. The summed E-state index contributed by atoms with van der Waals surface area (Å²) < 4.78 is 35.1. The van der Waals surface area contributed by atoms with E-state index < -0.39 is 10.0 Å².